The van der Waals surface area contributed by atoms with Crippen molar-refractivity contribution in [1.29, 1.82) is 0 Å². The number of fused-ring (bicyclic) bond motifs is 2. The molecule has 3 aliphatic rings. The molecule has 3 fully saturated rings. The number of aliphatic carboxylic acids is 1. The summed E-state index contributed by atoms with van der Waals surface area (Å²) >= 11 is 22.5. The van der Waals surface area contributed by atoms with E-state index in [1.807, 2.05) is 41.5 Å². The van der Waals surface area contributed by atoms with Gasteiger partial charge in [0.2, 0.25) is 17.7 Å². The Bertz CT molecular complexity index is 4540. The smallest absolute Gasteiger partial charge is 1.00 e. The second-order valence-corrected chi connectivity index (χ2v) is 30.4. The number of carboxylic acid groups (broad SMARTS) is 1. The maximum absolute atomic E-state index is 14.3. The number of rotatable bonds is 21. The van der Waals surface area contributed by atoms with E-state index in [1.54, 1.807) is 109 Å². The number of alkyl halides is 1. The number of nitrogens with two attached hydrogens (primary N) is 3. The monoisotopic (exact) mass is 1780 g/mol. The fourth-order valence-corrected chi connectivity index (χ4v) is 11.9. The van der Waals surface area contributed by atoms with Crippen LogP contribution in [-0.4, -0.2) is 203 Å². The number of ketones is 1. The van der Waals surface area contributed by atoms with Crippen LogP contribution in [0.2, 0.25) is 15.1 Å². The number of primary amides is 2. The van der Waals surface area contributed by atoms with Gasteiger partial charge in [0.15, 0.2) is 11.4 Å². The molecule has 3 saturated heterocycles. The normalized spacial score (nSPS) is 14.5. The predicted octanol–water partition coefficient (Wildman–Crippen LogP) is 4.00. The molecule has 31 nitrogen and oxygen atoms in total. The maximum Gasteiger partial charge on any atom is 1.00 e. The minimum Gasteiger partial charge on any atom is -1.00 e. The van der Waals surface area contributed by atoms with Crippen molar-refractivity contribution in [2.75, 3.05) is 58.2 Å². The van der Waals surface area contributed by atoms with Crippen molar-refractivity contribution in [1.82, 2.24) is 55.1 Å². The number of hydrogen-bond donors (Lipinski definition) is 7. The van der Waals surface area contributed by atoms with Gasteiger partial charge in [-0.2, -0.15) is 10.2 Å². The molecule has 0 aliphatic carbocycles. The van der Waals surface area contributed by atoms with E-state index in [0.717, 1.165) is 19.4 Å². The van der Waals surface area contributed by atoms with Crippen LogP contribution in [0.15, 0.2) is 103 Å². The molecule has 0 spiro atoms. The Morgan fingerprint density at radius 1 is 0.593 bits per heavy atom. The van der Waals surface area contributed by atoms with Gasteiger partial charge in [0.05, 0.1) is 51.1 Å². The van der Waals surface area contributed by atoms with Crippen LogP contribution in [0.3, 0.4) is 0 Å². The molecule has 638 valence electrons. The Morgan fingerprint density at radius 3 is 1.41 bits per heavy atom. The molecule has 8 amide bonds. The maximum atomic E-state index is 14.3. The molecule has 0 radical (unpaired) electrons. The Hall–Kier alpha value is -7.09. The molecule has 0 saturated carbocycles. The number of likely N-dealkylation sites (tertiary alicyclic amines) is 3. The Balaban J connectivity index is 0.00000154. The number of carbonyl (C=O) groups excluding carboxylic acids is 10. The standard InChI is InChI=1S/C28H32ClFN6O5.C18H25ClFN3O3.C10H9Cl2FO.C10H9N3O3.C9H18N2O2.CH2O3.2CH4.2K.H/c1-28(2,3)41-27(40)34-12-11-18(14-34)35(15-22(37)32-13-17-7-6-9-20(29)24(17)30)23(38)16-36-21-10-5-4-8-19(21)25(33-36)26(31)39;1-18(2,3)26-17(25)23-8-7-13(11-23)21-10-15(24)22-9-12-5-4-6-14(19)16(12)20;11-6-8(14)5-4-7-2-1-3-9(12)10(7)13;11-10(16)9-6-3-1-2-4-7(6)13(12-9)5-8(14)15;1-9(2,3)13-8(12)11-5-4-7(10)6-11;2-1-4-3;;;;;/h4-10,18H,11-16H2,1-3H3,(H2,31,39)(H,32,37);4-6,13,21H,7-11H2,1-3H3,(H,22,24);1-3H,4-6H2;1-4H,5H2,(H2,11,16)(H,14,15);7H,4-6,10H2,1-3H3;1,3H;2*1H4;;;/q;;;;;;;;2*+1;-1/p-1/t18-;13-;;;7-;;;;;;/m00..0....../s1. The van der Waals surface area contributed by atoms with Crippen molar-refractivity contribution in [2.45, 2.75) is 170 Å². The third-order valence-corrected chi connectivity index (χ3v) is 17.6. The van der Waals surface area contributed by atoms with E-state index in [2.05, 4.69) is 31.0 Å². The molecular formula is C78H103Cl4F3K2N14O17. The number of carboxylic acids is 1. The number of halogens is 7. The number of aromatic nitrogens is 4. The first kappa shape index (κ1) is 109. The Morgan fingerprint density at radius 2 is 0.992 bits per heavy atom. The minimum atomic E-state index is -1.02. The first-order valence-electron chi connectivity index (χ1n) is 35.6. The van der Waals surface area contributed by atoms with E-state index < -0.39 is 76.0 Å². The minimum absolute atomic E-state index is 0. The van der Waals surface area contributed by atoms with E-state index in [-0.39, 0.29) is 252 Å². The number of nitrogens with one attached hydrogen (secondary N) is 3. The van der Waals surface area contributed by atoms with Crippen molar-refractivity contribution in [3.05, 3.63) is 164 Å². The van der Waals surface area contributed by atoms with E-state index in [9.17, 15) is 61.1 Å². The van der Waals surface area contributed by atoms with Gasteiger partial charge in [0, 0.05) is 92.8 Å². The van der Waals surface area contributed by atoms with Gasteiger partial charge in [0.1, 0.15) is 53.1 Å². The number of amides is 8. The van der Waals surface area contributed by atoms with Crippen LogP contribution in [0, 0.1) is 17.5 Å². The Kier molecular flexibility index (Phi) is 48.3. The zero-order valence-electron chi connectivity index (χ0n) is 67.3. The van der Waals surface area contributed by atoms with Gasteiger partial charge in [-0.15, -0.1) is 11.6 Å². The van der Waals surface area contributed by atoms with E-state index in [4.69, 9.17) is 93.0 Å². The number of carbonyl (C=O) groups is 11. The van der Waals surface area contributed by atoms with E-state index in [1.165, 1.54) is 43.4 Å². The van der Waals surface area contributed by atoms with Gasteiger partial charge < -0.3 is 83.6 Å². The van der Waals surface area contributed by atoms with Crippen molar-refractivity contribution in [3.63, 3.8) is 0 Å². The van der Waals surface area contributed by atoms with Crippen molar-refractivity contribution >= 4 is 134 Å². The molecule has 0 unspecified atom stereocenters. The van der Waals surface area contributed by atoms with Crippen LogP contribution in [0.1, 0.15) is 142 Å². The summed E-state index contributed by atoms with van der Waals surface area (Å²) in [6.45, 7) is 18.2. The summed E-state index contributed by atoms with van der Waals surface area (Å²) in [5, 5.41) is 34.8. The molecule has 40 heteroatoms. The summed E-state index contributed by atoms with van der Waals surface area (Å²) < 4.78 is 60.0. The van der Waals surface area contributed by atoms with Crippen LogP contribution < -0.4 is 141 Å². The number of para-hydroxylation sites is 2. The summed E-state index contributed by atoms with van der Waals surface area (Å²) in [5.41, 5.74) is 16.9. The zero-order valence-corrected chi connectivity index (χ0v) is 75.6. The van der Waals surface area contributed by atoms with E-state index >= 15 is 0 Å². The average Bonchev–Trinajstić information content (AvgIpc) is 1.66. The average molecular weight is 1790 g/mol. The fourth-order valence-electron chi connectivity index (χ4n) is 11.2. The molecule has 2 aromatic heterocycles. The van der Waals surface area contributed by atoms with Gasteiger partial charge >= 0.3 is 127 Å². The van der Waals surface area contributed by atoms with Crippen molar-refractivity contribution < 1.29 is 200 Å². The van der Waals surface area contributed by atoms with E-state index in [0.29, 0.717) is 72.0 Å². The Labute approximate surface area is 790 Å². The molecular weight excluding hydrogens is 1680 g/mol. The fraction of sp³-hybridized carbons (Fsp3) is 0.449. The number of Topliss-reactive ketones (excluding diaryl/α,β-unsaturated/α-hetero) is 1. The van der Waals surface area contributed by atoms with Gasteiger partial charge in [-0.3, -0.25) is 47.7 Å². The van der Waals surface area contributed by atoms with Gasteiger partial charge in [-0.05, 0) is 124 Å². The first-order valence-corrected chi connectivity index (χ1v) is 37.3. The van der Waals surface area contributed by atoms with Gasteiger partial charge in [-0.1, -0.05) is 122 Å². The summed E-state index contributed by atoms with van der Waals surface area (Å²) in [6.07, 6.45) is 1.52. The van der Waals surface area contributed by atoms with Crippen LogP contribution in [-0.2, 0) is 80.5 Å². The number of aryl methyl sites for hydroxylation is 1. The molecule has 5 heterocycles. The first-order chi connectivity index (χ1) is 53.5. The zero-order chi connectivity index (χ0) is 84.9. The van der Waals surface area contributed by atoms with Gasteiger partial charge in [-0.25, -0.2) is 27.6 Å². The largest absolute Gasteiger partial charge is 1.00 e. The summed E-state index contributed by atoms with van der Waals surface area (Å²) in [4.78, 5) is 137. The summed E-state index contributed by atoms with van der Waals surface area (Å²) in [7, 11) is 0. The van der Waals surface area contributed by atoms with Crippen LogP contribution in [0.25, 0.3) is 21.8 Å². The molecule has 0 bridgehead atoms. The molecule has 5 aromatic carbocycles. The molecule has 3 aliphatic heterocycles. The molecule has 7 aromatic rings. The van der Waals surface area contributed by atoms with Crippen LogP contribution in [0.5, 0.6) is 0 Å². The summed E-state index contributed by atoms with van der Waals surface area (Å²) in [5.74, 6) is -5.39. The number of nitrogens with zero attached hydrogens (tertiary/aromatic N) is 8. The molecule has 10 N–H and O–H groups in total. The van der Waals surface area contributed by atoms with Crippen molar-refractivity contribution in [3.8, 4) is 0 Å². The molecule has 3 atom stereocenters. The second-order valence-electron chi connectivity index (χ2n) is 28.9. The van der Waals surface area contributed by atoms with Gasteiger partial charge in [0.25, 0.3) is 18.3 Å². The number of hydrogen-bond acceptors (Lipinski definition) is 20. The predicted molar refractivity (Wildman–Crippen MR) is 430 cm³/mol. The molecule has 10 rings (SSSR count). The topological polar surface area (TPSA) is 431 Å². The third kappa shape index (κ3) is 36.7. The van der Waals surface area contributed by atoms with Crippen molar-refractivity contribution in [2.24, 2.45) is 17.2 Å². The SMILES string of the molecule is C.C.CC(C)(C)OC(=O)N1CC[C@H](N(CC(=O)NCc2cccc(Cl)c2F)C(=O)Cn2nc(C(N)=O)c3ccccc32)C1.CC(C)(C)OC(=O)N1CC[C@H](N)C1.CC(C)(C)OC(=O)N1CC[C@H](NCC(=O)NCc2cccc(Cl)c2F)C1.NC(=O)c1nn(CC(=O)O)c2ccccc12.O=C(CCl)CCc1cccc(Cl)c1F.O=CO[O-].[H-].[K+].[K+]. The quantitative estimate of drug-likeness (QED) is 0.0133. The van der Waals surface area contributed by atoms with Crippen LogP contribution in [0.4, 0.5) is 27.6 Å². The molecule has 118 heavy (non-hydrogen) atoms. The number of ether oxygens (including phenoxy) is 3. The third-order valence-electron chi connectivity index (χ3n) is 16.4. The second kappa shape index (κ2) is 52.3. The summed E-state index contributed by atoms with van der Waals surface area (Å²) in [6, 6.07) is 27.2. The van der Waals surface area contributed by atoms with Crippen LogP contribution >= 0.6 is 46.4 Å². The number of benzene rings is 5.